The molecule has 1 aromatic rings. The first kappa shape index (κ1) is 13.5. The molecule has 0 aromatic carbocycles. The molecular weight excluding hydrogens is 246 g/mol. The van der Waals surface area contributed by atoms with E-state index in [1.165, 1.54) is 19.3 Å². The minimum atomic E-state index is 0.158. The van der Waals surface area contributed by atoms with Gasteiger partial charge in [0.25, 0.3) is 0 Å². The van der Waals surface area contributed by atoms with Gasteiger partial charge in [-0.05, 0) is 30.9 Å². The predicted octanol–water partition coefficient (Wildman–Crippen LogP) is 3.21. The SMILES string of the molecule is CC1CCCCC1NC(=O)CSCc1ccco1. The van der Waals surface area contributed by atoms with Gasteiger partial charge in [0.2, 0.25) is 5.91 Å². The molecular formula is C14H21NO2S. The van der Waals surface area contributed by atoms with Crippen LogP contribution in [-0.2, 0) is 10.5 Å². The van der Waals surface area contributed by atoms with Crippen LogP contribution in [0.25, 0.3) is 0 Å². The molecule has 1 aliphatic carbocycles. The van der Waals surface area contributed by atoms with Gasteiger partial charge in [0.15, 0.2) is 0 Å². The minimum absolute atomic E-state index is 0.158. The van der Waals surface area contributed by atoms with Gasteiger partial charge in [-0.1, -0.05) is 19.8 Å². The van der Waals surface area contributed by atoms with Crippen molar-refractivity contribution >= 4 is 17.7 Å². The van der Waals surface area contributed by atoms with E-state index in [0.29, 0.717) is 17.7 Å². The maximum atomic E-state index is 11.8. The summed E-state index contributed by atoms with van der Waals surface area (Å²) in [6.45, 7) is 2.24. The Balaban J connectivity index is 1.65. The highest BCUT2D eigenvalue weighted by Gasteiger charge is 2.22. The van der Waals surface area contributed by atoms with Crippen LogP contribution in [0, 0.1) is 5.92 Å². The molecule has 1 amide bonds. The highest BCUT2D eigenvalue weighted by Crippen LogP contribution is 2.23. The number of amides is 1. The largest absolute Gasteiger partial charge is 0.468 e. The van der Waals surface area contributed by atoms with E-state index < -0.39 is 0 Å². The van der Waals surface area contributed by atoms with Crippen LogP contribution < -0.4 is 5.32 Å². The van der Waals surface area contributed by atoms with Gasteiger partial charge in [-0.3, -0.25) is 4.79 Å². The van der Waals surface area contributed by atoms with Crippen LogP contribution in [0.5, 0.6) is 0 Å². The fourth-order valence-electron chi connectivity index (χ4n) is 2.42. The number of rotatable bonds is 5. The summed E-state index contributed by atoms with van der Waals surface area (Å²) < 4.78 is 5.23. The third kappa shape index (κ3) is 4.09. The molecule has 4 heteroatoms. The molecule has 2 unspecified atom stereocenters. The topological polar surface area (TPSA) is 42.2 Å². The normalized spacial score (nSPS) is 23.8. The highest BCUT2D eigenvalue weighted by atomic mass is 32.2. The molecule has 2 rings (SSSR count). The molecule has 0 radical (unpaired) electrons. The molecule has 100 valence electrons. The van der Waals surface area contributed by atoms with Crippen molar-refractivity contribution in [2.24, 2.45) is 5.92 Å². The molecule has 1 heterocycles. The fraction of sp³-hybridized carbons (Fsp3) is 0.643. The number of thioether (sulfide) groups is 1. The molecule has 0 aliphatic heterocycles. The molecule has 0 saturated heterocycles. The van der Waals surface area contributed by atoms with Gasteiger partial charge in [-0.25, -0.2) is 0 Å². The second kappa shape index (κ2) is 6.88. The molecule has 1 saturated carbocycles. The quantitative estimate of drug-likeness (QED) is 0.890. The Labute approximate surface area is 113 Å². The van der Waals surface area contributed by atoms with Gasteiger partial charge in [0, 0.05) is 6.04 Å². The summed E-state index contributed by atoms with van der Waals surface area (Å²) in [4.78, 5) is 11.8. The molecule has 1 aliphatic rings. The van der Waals surface area contributed by atoms with Gasteiger partial charge in [-0.2, -0.15) is 0 Å². The van der Waals surface area contributed by atoms with Crippen LogP contribution in [0.15, 0.2) is 22.8 Å². The van der Waals surface area contributed by atoms with Gasteiger partial charge in [0.1, 0.15) is 5.76 Å². The van der Waals surface area contributed by atoms with E-state index in [-0.39, 0.29) is 5.91 Å². The van der Waals surface area contributed by atoms with E-state index in [9.17, 15) is 4.79 Å². The zero-order chi connectivity index (χ0) is 12.8. The smallest absolute Gasteiger partial charge is 0.230 e. The number of nitrogens with one attached hydrogen (secondary N) is 1. The molecule has 2 atom stereocenters. The Kier molecular flexibility index (Phi) is 5.17. The van der Waals surface area contributed by atoms with Crippen LogP contribution in [0.2, 0.25) is 0 Å². The van der Waals surface area contributed by atoms with E-state index in [1.54, 1.807) is 18.0 Å². The number of carbonyl (C=O) groups excluding carboxylic acids is 1. The maximum Gasteiger partial charge on any atom is 0.230 e. The van der Waals surface area contributed by atoms with Gasteiger partial charge < -0.3 is 9.73 Å². The van der Waals surface area contributed by atoms with Crippen molar-refractivity contribution in [3.8, 4) is 0 Å². The predicted molar refractivity (Wildman–Crippen MR) is 74.4 cm³/mol. The van der Waals surface area contributed by atoms with Gasteiger partial charge >= 0.3 is 0 Å². The van der Waals surface area contributed by atoms with Gasteiger partial charge in [-0.15, -0.1) is 11.8 Å². The molecule has 18 heavy (non-hydrogen) atoms. The summed E-state index contributed by atoms with van der Waals surface area (Å²) in [5.74, 6) is 2.99. The average molecular weight is 267 g/mol. The minimum Gasteiger partial charge on any atom is -0.468 e. The Morgan fingerprint density at radius 1 is 1.50 bits per heavy atom. The molecule has 1 fully saturated rings. The Hall–Kier alpha value is -0.900. The third-order valence-corrected chi connectivity index (χ3v) is 4.47. The first-order valence-electron chi connectivity index (χ1n) is 6.65. The van der Waals surface area contributed by atoms with Crippen LogP contribution in [0.3, 0.4) is 0 Å². The van der Waals surface area contributed by atoms with E-state index in [1.807, 2.05) is 12.1 Å². The monoisotopic (exact) mass is 267 g/mol. The summed E-state index contributed by atoms with van der Waals surface area (Å²) in [7, 11) is 0. The van der Waals surface area contributed by atoms with Crippen LogP contribution in [0.4, 0.5) is 0 Å². The number of furan rings is 1. The lowest BCUT2D eigenvalue weighted by Crippen LogP contribution is -2.41. The summed E-state index contributed by atoms with van der Waals surface area (Å²) in [5.41, 5.74) is 0. The number of hydrogen-bond donors (Lipinski definition) is 1. The van der Waals surface area contributed by atoms with Crippen molar-refractivity contribution < 1.29 is 9.21 Å². The van der Waals surface area contributed by atoms with E-state index in [2.05, 4.69) is 12.2 Å². The Bertz CT molecular complexity index is 364. The van der Waals surface area contributed by atoms with Gasteiger partial charge in [0.05, 0.1) is 17.8 Å². The maximum absolute atomic E-state index is 11.8. The van der Waals surface area contributed by atoms with Crippen molar-refractivity contribution in [3.05, 3.63) is 24.2 Å². The van der Waals surface area contributed by atoms with E-state index in [4.69, 9.17) is 4.42 Å². The summed E-state index contributed by atoms with van der Waals surface area (Å²) in [5, 5.41) is 3.16. The zero-order valence-electron chi connectivity index (χ0n) is 10.9. The lowest BCUT2D eigenvalue weighted by molar-refractivity contribution is -0.119. The molecule has 0 bridgehead atoms. The second-order valence-electron chi connectivity index (χ2n) is 5.01. The van der Waals surface area contributed by atoms with Crippen molar-refractivity contribution in [1.82, 2.24) is 5.32 Å². The molecule has 3 nitrogen and oxygen atoms in total. The van der Waals surface area contributed by atoms with Crippen molar-refractivity contribution in [2.45, 2.75) is 44.4 Å². The highest BCUT2D eigenvalue weighted by molar-refractivity contribution is 7.99. The summed E-state index contributed by atoms with van der Waals surface area (Å²) >= 11 is 1.60. The van der Waals surface area contributed by atoms with Crippen LogP contribution in [0.1, 0.15) is 38.4 Å². The fourth-order valence-corrected chi connectivity index (χ4v) is 3.15. The third-order valence-electron chi connectivity index (χ3n) is 3.52. The summed E-state index contributed by atoms with van der Waals surface area (Å²) in [6.07, 6.45) is 6.59. The zero-order valence-corrected chi connectivity index (χ0v) is 11.7. The molecule has 1 N–H and O–H groups in total. The van der Waals surface area contributed by atoms with E-state index in [0.717, 1.165) is 17.9 Å². The first-order valence-corrected chi connectivity index (χ1v) is 7.80. The lowest BCUT2D eigenvalue weighted by atomic mass is 9.86. The molecule has 0 spiro atoms. The average Bonchev–Trinajstić information content (AvgIpc) is 2.85. The van der Waals surface area contributed by atoms with Crippen LogP contribution in [-0.4, -0.2) is 17.7 Å². The summed E-state index contributed by atoms with van der Waals surface area (Å²) in [6, 6.07) is 4.20. The lowest BCUT2D eigenvalue weighted by Gasteiger charge is -2.29. The second-order valence-corrected chi connectivity index (χ2v) is 5.99. The van der Waals surface area contributed by atoms with Crippen molar-refractivity contribution in [1.29, 1.82) is 0 Å². The first-order chi connectivity index (χ1) is 8.75. The van der Waals surface area contributed by atoms with Crippen molar-refractivity contribution in [2.75, 3.05) is 5.75 Å². The Morgan fingerprint density at radius 3 is 3.06 bits per heavy atom. The van der Waals surface area contributed by atoms with Crippen molar-refractivity contribution in [3.63, 3.8) is 0 Å². The Morgan fingerprint density at radius 2 is 2.33 bits per heavy atom. The number of hydrogen-bond acceptors (Lipinski definition) is 3. The molecule has 1 aromatic heterocycles. The standard InChI is InChI=1S/C14H21NO2S/c1-11-5-2-3-7-13(11)15-14(16)10-18-9-12-6-4-8-17-12/h4,6,8,11,13H,2-3,5,7,9-10H2,1H3,(H,15,16). The number of carbonyl (C=O) groups is 1. The van der Waals surface area contributed by atoms with Crippen LogP contribution >= 0.6 is 11.8 Å². The van der Waals surface area contributed by atoms with E-state index >= 15 is 0 Å².